The SMILES string of the molecule is [Cu+].[O-][Cl+3]([O-])([O-])[O-].c1ccc(SSc2ccccn2)nc1.c1ccc(SSc2ccccn2)nc1. The van der Waals surface area contributed by atoms with E-state index in [1.165, 1.54) is 0 Å². The molecule has 34 heavy (non-hydrogen) atoms. The summed E-state index contributed by atoms with van der Waals surface area (Å²) in [7, 11) is 1.52. The smallest absolute Gasteiger partial charge is 0.249 e. The van der Waals surface area contributed by atoms with Gasteiger partial charge >= 0.3 is 17.1 Å². The van der Waals surface area contributed by atoms with Crippen LogP contribution >= 0.6 is 43.2 Å². The second-order valence-corrected chi connectivity index (χ2v) is 10.5. The first-order valence-electron chi connectivity index (χ1n) is 8.85. The summed E-state index contributed by atoms with van der Waals surface area (Å²) in [5.74, 6) is 0. The topological polar surface area (TPSA) is 144 Å². The maximum atomic E-state index is 8.49. The molecule has 4 aromatic heterocycles. The summed E-state index contributed by atoms with van der Waals surface area (Å²) in [6.07, 6.45) is 7.17. The average molecular weight is 604 g/mol. The normalized spacial score (nSPS) is 10.0. The Morgan fingerprint density at radius 3 is 0.794 bits per heavy atom. The van der Waals surface area contributed by atoms with Gasteiger partial charge in [0.15, 0.2) is 0 Å². The van der Waals surface area contributed by atoms with Crippen molar-refractivity contribution in [2.75, 3.05) is 0 Å². The van der Waals surface area contributed by atoms with Crippen LogP contribution in [0.2, 0.25) is 0 Å². The van der Waals surface area contributed by atoms with Gasteiger partial charge in [-0.25, -0.2) is 38.6 Å². The van der Waals surface area contributed by atoms with E-state index in [4.69, 9.17) is 18.6 Å². The minimum Gasteiger partial charge on any atom is -0.249 e. The fraction of sp³-hybridized carbons (Fsp3) is 0. The van der Waals surface area contributed by atoms with Crippen LogP contribution in [0.3, 0.4) is 0 Å². The van der Waals surface area contributed by atoms with Crippen molar-refractivity contribution in [1.29, 1.82) is 0 Å². The van der Waals surface area contributed by atoms with Crippen molar-refractivity contribution >= 4 is 43.2 Å². The molecule has 0 aliphatic rings. The van der Waals surface area contributed by atoms with Gasteiger partial charge in [0.1, 0.15) is 20.1 Å². The fourth-order valence-electron chi connectivity index (χ4n) is 1.76. The van der Waals surface area contributed by atoms with E-state index in [0.29, 0.717) is 0 Å². The van der Waals surface area contributed by atoms with Crippen LogP contribution < -0.4 is 18.6 Å². The van der Waals surface area contributed by atoms with Crippen molar-refractivity contribution in [3.8, 4) is 0 Å². The van der Waals surface area contributed by atoms with E-state index in [9.17, 15) is 0 Å². The molecule has 0 saturated carbocycles. The molecular weight excluding hydrogens is 588 g/mol. The average Bonchev–Trinajstić information content (AvgIpc) is 2.84. The fourth-order valence-corrected chi connectivity index (χ4v) is 5.26. The van der Waals surface area contributed by atoms with E-state index < -0.39 is 10.2 Å². The van der Waals surface area contributed by atoms with E-state index in [1.807, 2.05) is 72.8 Å². The number of aromatic nitrogens is 4. The van der Waals surface area contributed by atoms with Gasteiger partial charge in [0.05, 0.1) is 0 Å². The Bertz CT molecular complexity index is 864. The van der Waals surface area contributed by atoms with E-state index in [1.54, 1.807) is 68.0 Å². The zero-order chi connectivity index (χ0) is 23.8. The summed E-state index contributed by atoms with van der Waals surface area (Å²) in [5.41, 5.74) is 0. The molecule has 4 aromatic rings. The number of hydrogen-bond acceptors (Lipinski definition) is 12. The van der Waals surface area contributed by atoms with Gasteiger partial charge in [-0.05, 0) is 91.7 Å². The van der Waals surface area contributed by atoms with Crippen molar-refractivity contribution in [2.45, 2.75) is 20.1 Å². The quantitative estimate of drug-likeness (QED) is 0.234. The standard InChI is InChI=1S/2C10H8N2S2.ClHO4.Cu/c2*1-3-7-11-9(5-1)13-14-10-6-2-4-8-12-10;2-1(3,4)5;/h2*1-8H;(H,2,3,4,5);/q;;;+1/p-1. The van der Waals surface area contributed by atoms with Gasteiger partial charge in [-0.1, -0.05) is 24.3 Å². The minimum absolute atomic E-state index is 0. The minimum atomic E-state index is -4.94. The monoisotopic (exact) mass is 602 g/mol. The predicted molar refractivity (Wildman–Crippen MR) is 120 cm³/mol. The molecule has 0 aliphatic heterocycles. The maximum Gasteiger partial charge on any atom is 1.00 e. The number of nitrogens with zero attached hydrogens (tertiary/aromatic N) is 4. The molecule has 4 rings (SSSR count). The molecule has 0 atom stereocenters. The number of rotatable bonds is 6. The first kappa shape index (κ1) is 30.7. The third-order valence-electron chi connectivity index (χ3n) is 2.98. The van der Waals surface area contributed by atoms with Crippen molar-refractivity contribution in [3.05, 3.63) is 97.6 Å². The van der Waals surface area contributed by atoms with Crippen LogP contribution in [-0.2, 0) is 17.1 Å². The molecule has 0 radical (unpaired) electrons. The molecular formula is C20H16ClCuN4O4S4. The van der Waals surface area contributed by atoms with E-state index in [2.05, 4.69) is 19.9 Å². The molecule has 182 valence electrons. The Labute approximate surface area is 225 Å². The molecule has 0 N–H and O–H groups in total. The van der Waals surface area contributed by atoms with E-state index in [0.717, 1.165) is 20.1 Å². The Kier molecular flexibility index (Phi) is 16.2. The van der Waals surface area contributed by atoms with Crippen molar-refractivity contribution in [1.82, 2.24) is 19.9 Å². The summed E-state index contributed by atoms with van der Waals surface area (Å²) < 4.78 is 34.0. The first-order chi connectivity index (χ1) is 15.9. The zero-order valence-electron chi connectivity index (χ0n) is 17.0. The number of hydrogen-bond donors (Lipinski definition) is 0. The number of halogens is 1. The first-order valence-corrected chi connectivity index (χ1v) is 14.4. The molecule has 4 heterocycles. The van der Waals surface area contributed by atoms with Crippen LogP contribution in [0.25, 0.3) is 0 Å². The third kappa shape index (κ3) is 16.3. The summed E-state index contributed by atoms with van der Waals surface area (Å²) in [5, 5.41) is 4.01. The van der Waals surface area contributed by atoms with Crippen molar-refractivity contribution in [3.63, 3.8) is 0 Å². The van der Waals surface area contributed by atoms with Gasteiger partial charge in [-0.15, -0.1) is 10.2 Å². The molecule has 14 heteroatoms. The molecule has 0 fully saturated rings. The third-order valence-corrected chi connectivity index (χ3v) is 7.34. The Hall–Kier alpha value is -1.35. The predicted octanol–water partition coefficient (Wildman–Crippen LogP) is 1.79. The second kappa shape index (κ2) is 18.0. The summed E-state index contributed by atoms with van der Waals surface area (Å²) in [6, 6.07) is 23.5. The van der Waals surface area contributed by atoms with Crippen LogP contribution in [0.5, 0.6) is 0 Å². The van der Waals surface area contributed by atoms with Crippen LogP contribution in [0.15, 0.2) is 118 Å². The maximum absolute atomic E-state index is 8.49. The Balaban J connectivity index is 0.000000278. The van der Waals surface area contributed by atoms with Crippen LogP contribution in [0.1, 0.15) is 0 Å². The molecule has 0 bridgehead atoms. The van der Waals surface area contributed by atoms with Crippen LogP contribution in [0.4, 0.5) is 0 Å². The van der Waals surface area contributed by atoms with Crippen LogP contribution in [0, 0.1) is 10.2 Å². The molecule has 0 unspecified atom stereocenters. The van der Waals surface area contributed by atoms with E-state index in [-0.39, 0.29) is 17.1 Å². The van der Waals surface area contributed by atoms with Crippen molar-refractivity contribution in [2.24, 2.45) is 0 Å². The van der Waals surface area contributed by atoms with Crippen LogP contribution in [-0.4, -0.2) is 19.9 Å². The van der Waals surface area contributed by atoms with Crippen molar-refractivity contribution < 1.29 is 45.9 Å². The summed E-state index contributed by atoms with van der Waals surface area (Å²) >= 11 is 0. The largest absolute Gasteiger partial charge is 1.00 e. The number of pyridine rings is 4. The van der Waals surface area contributed by atoms with Gasteiger partial charge in [0, 0.05) is 24.8 Å². The van der Waals surface area contributed by atoms with Gasteiger partial charge < -0.3 is 0 Å². The molecule has 0 spiro atoms. The molecule has 0 saturated heterocycles. The Morgan fingerprint density at radius 1 is 0.441 bits per heavy atom. The van der Waals surface area contributed by atoms with Gasteiger partial charge in [0.2, 0.25) is 0 Å². The molecule has 0 aromatic carbocycles. The molecule has 0 aliphatic carbocycles. The van der Waals surface area contributed by atoms with Gasteiger partial charge in [-0.3, -0.25) is 0 Å². The Morgan fingerprint density at radius 2 is 0.647 bits per heavy atom. The summed E-state index contributed by atoms with van der Waals surface area (Å²) in [4.78, 5) is 16.8. The second-order valence-electron chi connectivity index (χ2n) is 5.38. The molecule has 0 amide bonds. The zero-order valence-corrected chi connectivity index (χ0v) is 21.9. The molecule has 8 nitrogen and oxygen atoms in total. The summed E-state index contributed by atoms with van der Waals surface area (Å²) in [6.45, 7) is 0. The van der Waals surface area contributed by atoms with E-state index >= 15 is 0 Å². The van der Waals surface area contributed by atoms with Gasteiger partial charge in [-0.2, -0.15) is 0 Å². The van der Waals surface area contributed by atoms with Gasteiger partial charge in [0.25, 0.3) is 0 Å².